The molecule has 5 N–H and O–H groups in total. The van der Waals surface area contributed by atoms with Crippen molar-refractivity contribution in [3.8, 4) is 5.75 Å². The van der Waals surface area contributed by atoms with Crippen molar-refractivity contribution in [1.29, 1.82) is 0 Å². The number of aromatic hydroxyl groups is 1. The fraction of sp³-hybridized carbons (Fsp3) is 0. The van der Waals surface area contributed by atoms with Crippen LogP contribution < -0.4 is 5.73 Å². The van der Waals surface area contributed by atoms with Gasteiger partial charge < -0.3 is 10.8 Å². The van der Waals surface area contributed by atoms with Crippen molar-refractivity contribution < 1.29 is 47.9 Å². The topological polar surface area (TPSA) is 248 Å². The molecule has 0 unspecified atom stereocenters. The zero-order valence-corrected chi connectivity index (χ0v) is 19.4. The first-order valence-electron chi connectivity index (χ1n) is 8.39. The third kappa shape index (κ3) is 4.90. The van der Waals surface area contributed by atoms with Crippen molar-refractivity contribution in [3.63, 3.8) is 0 Å². The molecule has 3 rings (SSSR count). The van der Waals surface area contributed by atoms with Crippen molar-refractivity contribution in [2.24, 2.45) is 10.2 Å². The number of anilines is 1. The van der Waals surface area contributed by atoms with Crippen LogP contribution in [0.3, 0.4) is 0 Å². The number of hydrogen-bond donors (Lipinski definition) is 4. The van der Waals surface area contributed by atoms with Crippen LogP contribution in [0.25, 0.3) is 10.8 Å². The minimum Gasteiger partial charge on any atom is -0.507 e. The third-order valence-electron chi connectivity index (χ3n) is 4.30. The summed E-state index contributed by atoms with van der Waals surface area (Å²) in [6.07, 6.45) is 2.68. The van der Waals surface area contributed by atoms with Gasteiger partial charge in [-0.05, 0) is 35.7 Å². The number of azo groups is 1. The van der Waals surface area contributed by atoms with E-state index in [1.165, 1.54) is 0 Å². The molecule has 0 aromatic heterocycles. The zero-order valence-electron chi connectivity index (χ0n) is 16.2. The number of phenols is 1. The SMILES string of the molecule is Nc1c(N=NC2=CC(=S(=O)=O)C=CC2=S(=O)=O)c(S(=O)(=O)O)cc2cc(S(=O)(=O)O)cc(O)c12. The Labute approximate surface area is 193 Å². The number of nitrogen functional groups attached to an aromatic ring is 1. The predicted octanol–water partition coefficient (Wildman–Crippen LogP) is 0.261. The fourth-order valence-electron chi connectivity index (χ4n) is 2.86. The Kier molecular flexibility index (Phi) is 6.48. The summed E-state index contributed by atoms with van der Waals surface area (Å²) < 4.78 is 111. The van der Waals surface area contributed by atoms with E-state index in [4.69, 9.17) is 5.73 Å². The maximum atomic E-state index is 11.9. The Morgan fingerprint density at radius 1 is 0.853 bits per heavy atom. The van der Waals surface area contributed by atoms with Gasteiger partial charge in [-0.1, -0.05) is 0 Å². The van der Waals surface area contributed by atoms with Gasteiger partial charge in [0.2, 0.25) is 20.6 Å². The first-order valence-corrected chi connectivity index (χ1v) is 13.4. The summed E-state index contributed by atoms with van der Waals surface area (Å²) in [6, 6.07) is 2.06. The standard InChI is InChI=1S/C16H11N3O11S4/c17-15-14-7(3-9(6-11(14)20)33(25,26)27)4-13(34(28,29)30)16(15)19-18-10-5-8(31(21)22)1-2-12(10)32(23)24/h1-6,20H,17H2,(H,25,26,27)(H,28,29,30). The van der Waals surface area contributed by atoms with Crippen LogP contribution in [0, 0.1) is 0 Å². The number of nitrogens with two attached hydrogens (primary N) is 1. The number of rotatable bonds is 4. The van der Waals surface area contributed by atoms with E-state index >= 15 is 0 Å². The number of allylic oxidation sites excluding steroid dienone is 3. The minimum atomic E-state index is -5.11. The molecule has 180 valence electrons. The summed E-state index contributed by atoms with van der Waals surface area (Å²) in [6.45, 7) is 0. The van der Waals surface area contributed by atoms with Gasteiger partial charge in [0.05, 0.1) is 15.4 Å². The van der Waals surface area contributed by atoms with Gasteiger partial charge in [0.15, 0.2) is 0 Å². The number of hydrogen-bond acceptors (Lipinski definition) is 12. The Morgan fingerprint density at radius 2 is 1.50 bits per heavy atom. The van der Waals surface area contributed by atoms with E-state index in [9.17, 15) is 47.9 Å². The second-order valence-electron chi connectivity index (χ2n) is 6.43. The molecule has 0 bridgehead atoms. The van der Waals surface area contributed by atoms with Crippen LogP contribution >= 0.6 is 0 Å². The van der Waals surface area contributed by atoms with Gasteiger partial charge >= 0.3 is 0 Å². The quantitative estimate of drug-likeness (QED) is 0.173. The molecule has 0 spiro atoms. The average molecular weight is 550 g/mol. The summed E-state index contributed by atoms with van der Waals surface area (Å²) >= 11 is 0. The van der Waals surface area contributed by atoms with E-state index in [0.717, 1.165) is 24.3 Å². The maximum absolute atomic E-state index is 11.9. The number of fused-ring (bicyclic) bond motifs is 1. The molecule has 1 aliphatic carbocycles. The monoisotopic (exact) mass is 549 g/mol. The Hall–Kier alpha value is -3.42. The van der Waals surface area contributed by atoms with E-state index in [1.807, 2.05) is 0 Å². The molecule has 0 radical (unpaired) electrons. The molecule has 0 atom stereocenters. The lowest BCUT2D eigenvalue weighted by Crippen LogP contribution is -2.08. The van der Waals surface area contributed by atoms with Crippen LogP contribution in [0.5, 0.6) is 5.75 Å². The summed E-state index contributed by atoms with van der Waals surface area (Å²) in [4.78, 5) is -2.70. The van der Waals surface area contributed by atoms with Crippen LogP contribution in [0.4, 0.5) is 11.4 Å². The minimum absolute atomic E-state index is 0.332. The molecule has 0 saturated heterocycles. The van der Waals surface area contributed by atoms with Gasteiger partial charge in [-0.15, -0.1) is 10.2 Å². The molecule has 2 aromatic rings. The summed E-state index contributed by atoms with van der Waals surface area (Å²) in [5.74, 6) is -0.814. The third-order valence-corrected chi connectivity index (χ3v) is 7.34. The lowest BCUT2D eigenvalue weighted by atomic mass is 10.1. The molecule has 0 saturated carbocycles. The smallest absolute Gasteiger partial charge is 0.296 e. The second-order valence-corrected chi connectivity index (χ2v) is 11.1. The van der Waals surface area contributed by atoms with Gasteiger partial charge in [0.25, 0.3) is 20.2 Å². The summed E-state index contributed by atoms with van der Waals surface area (Å²) in [5, 5.41) is 16.7. The van der Waals surface area contributed by atoms with E-state index < -0.39 is 78.3 Å². The molecule has 0 fully saturated rings. The zero-order chi connectivity index (χ0) is 25.6. The van der Waals surface area contributed by atoms with Crippen molar-refractivity contribution in [2.75, 3.05) is 5.73 Å². The normalized spacial score (nSPS) is 14.6. The average Bonchev–Trinajstić information content (AvgIpc) is 2.70. The lowest BCUT2D eigenvalue weighted by molar-refractivity contribution is 0.471. The predicted molar refractivity (Wildman–Crippen MR) is 119 cm³/mol. The molecule has 0 heterocycles. The number of benzene rings is 2. The highest BCUT2D eigenvalue weighted by Crippen LogP contribution is 2.42. The molecular weight excluding hydrogens is 538 g/mol. The molecule has 0 aliphatic heterocycles. The van der Waals surface area contributed by atoms with E-state index in [2.05, 4.69) is 10.2 Å². The van der Waals surface area contributed by atoms with Crippen LogP contribution in [0.15, 0.2) is 62.1 Å². The highest BCUT2D eigenvalue weighted by atomic mass is 32.2. The van der Waals surface area contributed by atoms with Gasteiger partial charge in [0, 0.05) is 11.5 Å². The lowest BCUT2D eigenvalue weighted by Gasteiger charge is -2.12. The van der Waals surface area contributed by atoms with Crippen LogP contribution in [-0.2, 0) is 40.8 Å². The molecule has 34 heavy (non-hydrogen) atoms. The summed E-state index contributed by atoms with van der Waals surface area (Å²) in [7, 11) is -15.6. The highest BCUT2D eigenvalue weighted by Gasteiger charge is 2.24. The van der Waals surface area contributed by atoms with Crippen molar-refractivity contribution in [2.45, 2.75) is 9.79 Å². The first kappa shape index (κ1) is 25.2. The van der Waals surface area contributed by atoms with Crippen molar-refractivity contribution in [1.82, 2.24) is 0 Å². The number of phenolic OH excluding ortho intramolecular Hbond substituents is 1. The molecule has 2 aromatic carbocycles. The molecular formula is C16H11N3O11S4. The van der Waals surface area contributed by atoms with Crippen LogP contribution in [-0.4, -0.2) is 57.6 Å². The van der Waals surface area contributed by atoms with Crippen LogP contribution in [0.2, 0.25) is 0 Å². The van der Waals surface area contributed by atoms with Crippen molar-refractivity contribution in [3.05, 3.63) is 42.1 Å². The van der Waals surface area contributed by atoms with E-state index in [0.29, 0.717) is 12.1 Å². The molecule has 0 amide bonds. The summed E-state index contributed by atoms with van der Waals surface area (Å²) in [5.41, 5.74) is 3.97. The van der Waals surface area contributed by atoms with Crippen LogP contribution in [0.1, 0.15) is 0 Å². The molecule has 18 heteroatoms. The largest absolute Gasteiger partial charge is 0.507 e. The molecule has 14 nitrogen and oxygen atoms in total. The fourth-order valence-corrected chi connectivity index (χ4v) is 4.91. The second kappa shape index (κ2) is 8.74. The van der Waals surface area contributed by atoms with E-state index in [1.54, 1.807) is 0 Å². The number of nitrogens with zero attached hydrogens (tertiary/aromatic N) is 2. The maximum Gasteiger partial charge on any atom is 0.296 e. The Balaban J connectivity index is 2.38. The van der Waals surface area contributed by atoms with Gasteiger partial charge in [0.1, 0.15) is 26.9 Å². The first-order chi connectivity index (χ1) is 15.6. The van der Waals surface area contributed by atoms with Gasteiger partial charge in [-0.25, -0.2) is 0 Å². The highest BCUT2D eigenvalue weighted by molar-refractivity contribution is 7.86. The van der Waals surface area contributed by atoms with Crippen molar-refractivity contribution >= 4 is 72.7 Å². The van der Waals surface area contributed by atoms with Gasteiger partial charge in [-0.3, -0.25) is 9.11 Å². The Morgan fingerprint density at radius 3 is 2.03 bits per heavy atom. The molecule has 1 aliphatic rings. The van der Waals surface area contributed by atoms with Gasteiger partial charge in [-0.2, -0.15) is 33.7 Å². The Bertz CT molecular complexity index is 1850. The van der Waals surface area contributed by atoms with E-state index in [-0.39, 0.29) is 15.6 Å².